The summed E-state index contributed by atoms with van der Waals surface area (Å²) in [6, 6.07) is 117. The van der Waals surface area contributed by atoms with Crippen molar-refractivity contribution in [2.24, 2.45) is 0 Å². The van der Waals surface area contributed by atoms with Gasteiger partial charge in [0.15, 0.2) is 11.6 Å². The minimum Gasteiger partial charge on any atom is -0.309 e. The second kappa shape index (κ2) is 26.2. The molecule has 0 atom stereocenters. The average Bonchev–Trinajstić information content (AvgIpc) is 1.59. The van der Waals surface area contributed by atoms with E-state index in [0.717, 1.165) is 144 Å². The molecule has 6 heteroatoms. The fourth-order valence-electron chi connectivity index (χ4n) is 16.1. The fraction of sp³-hybridized carbons (Fsp3) is 0.155. The van der Waals surface area contributed by atoms with Crippen LogP contribution in [0.1, 0.15) is 105 Å². The van der Waals surface area contributed by atoms with Crippen molar-refractivity contribution >= 4 is 65.4 Å². The quantitative estimate of drug-likeness (QED) is 0.130. The number of fused-ring (bicyclic) bond motifs is 9. The Morgan fingerprint density at radius 3 is 0.679 bits per heavy atom. The van der Waals surface area contributed by atoms with Gasteiger partial charge in [-0.05, 0) is 208 Å². The first kappa shape index (κ1) is 68.3. The van der Waals surface area contributed by atoms with Crippen molar-refractivity contribution in [3.8, 4) is 107 Å². The van der Waals surface area contributed by atoms with Gasteiger partial charge in [0.25, 0.3) is 0 Å². The number of para-hydroxylation sites is 2. The minimum atomic E-state index is -0.0808. The van der Waals surface area contributed by atoms with Crippen LogP contribution in [0.4, 0.5) is 0 Å². The van der Waals surface area contributed by atoms with Crippen molar-refractivity contribution < 1.29 is 0 Å². The second-order valence-corrected chi connectivity index (χ2v) is 33.8. The van der Waals surface area contributed by atoms with Gasteiger partial charge in [-0.3, -0.25) is 4.57 Å². The molecule has 0 saturated heterocycles. The highest BCUT2D eigenvalue weighted by Crippen LogP contribution is 2.46. The third-order valence-corrected chi connectivity index (χ3v) is 22.3. The van der Waals surface area contributed by atoms with Crippen LogP contribution < -0.4 is 0 Å². The topological polar surface area (TPSA) is 53.5 Å². The van der Waals surface area contributed by atoms with E-state index in [-0.39, 0.29) is 21.7 Å². The number of hydrogen-bond acceptors (Lipinski definition) is 3. The summed E-state index contributed by atoms with van der Waals surface area (Å²) < 4.78 is 7.16. The molecule has 0 aliphatic rings. The first-order valence-electron chi connectivity index (χ1n) is 38.3. The van der Waals surface area contributed by atoms with Gasteiger partial charge in [0.2, 0.25) is 5.95 Å². The number of rotatable bonds is 11. The van der Waals surface area contributed by atoms with Crippen LogP contribution >= 0.6 is 0 Å². The van der Waals surface area contributed by atoms with E-state index in [1.807, 2.05) is 0 Å². The summed E-state index contributed by atoms with van der Waals surface area (Å²) >= 11 is 0. The van der Waals surface area contributed by atoms with Crippen molar-refractivity contribution in [2.75, 3.05) is 0 Å². The first-order valence-corrected chi connectivity index (χ1v) is 38.3. The molecule has 530 valence electrons. The van der Waals surface area contributed by atoms with Gasteiger partial charge in [0.05, 0.1) is 44.5 Å². The Hall–Kier alpha value is -12.5. The highest BCUT2D eigenvalue weighted by molar-refractivity contribution is 6.15. The molecule has 0 aliphatic heterocycles. The molecule has 0 spiro atoms. The van der Waals surface area contributed by atoms with Crippen LogP contribution in [-0.4, -0.2) is 28.7 Å². The second-order valence-electron chi connectivity index (χ2n) is 33.8. The van der Waals surface area contributed by atoms with E-state index in [0.29, 0.717) is 17.6 Å². The molecule has 0 bridgehead atoms. The lowest BCUT2D eigenvalue weighted by atomic mass is 9.78. The Balaban J connectivity index is 0.922. The zero-order valence-corrected chi connectivity index (χ0v) is 64.2. The smallest absolute Gasteiger partial charge is 0.238 e. The Bertz CT molecular complexity index is 5950. The Kier molecular flexibility index (Phi) is 16.4. The van der Waals surface area contributed by atoms with Gasteiger partial charge in [-0.2, -0.15) is 9.97 Å². The van der Waals surface area contributed by atoms with Gasteiger partial charge in [0.1, 0.15) is 0 Å². The van der Waals surface area contributed by atoms with Crippen molar-refractivity contribution in [2.45, 2.75) is 105 Å². The third-order valence-electron chi connectivity index (χ3n) is 22.3. The monoisotopic (exact) mass is 1410 g/mol. The summed E-state index contributed by atoms with van der Waals surface area (Å²) in [5.41, 5.74) is 28.7. The van der Waals surface area contributed by atoms with Crippen molar-refractivity contribution in [3.63, 3.8) is 0 Å². The SMILES string of the molecule is CC(C)(C)c1cc(-c2ccc3c(c2)c2cc(-c4cc(C(C)(C)C)cc(C(C)(C)C)c4)ccc2n3-c2nc(-c3ccccc3-n3c4ccc(-c5ccccc5)cc4c4cc(-c5ccccc5)ccc43)nc(-c3ccccc3-n3c4ccc(-c5ccccc5)cc4c4cc(-c5ccccc5)ccc43)n2)cc(C(C)(C)C)c1. The standard InChI is InChI=1S/C103H88N6/c1-100(2,3)77-53-75(54-78(63-77)101(4,5)6)73-45-51-95-87(61-73)88-62-74(76-55-79(102(7,8)9)64-80(56-76)103(10,11)12)46-52-96(88)109(95)99-105-97(81-37-25-27-39-89(81)107-91-47-41-69(65-29-17-13-18-30-65)57-83(91)84-58-70(42-48-92(84)107)66-31-19-14-20-32-66)104-98(106-99)82-38-26-28-40-90(82)108-93-49-43-71(67-33-21-15-22-34-67)59-85(93)86-60-72(44-50-94(86)108)68-35-23-16-24-36-68/h13-64H,1-12H3. The van der Waals surface area contributed by atoms with E-state index in [2.05, 4.69) is 412 Å². The number of nitrogens with zero attached hydrogens (tertiary/aromatic N) is 6. The lowest BCUT2D eigenvalue weighted by Gasteiger charge is -2.26. The zero-order valence-electron chi connectivity index (χ0n) is 64.2. The molecule has 18 aromatic rings. The molecule has 0 aliphatic carbocycles. The van der Waals surface area contributed by atoms with E-state index in [4.69, 9.17) is 15.0 Å². The van der Waals surface area contributed by atoms with Crippen LogP contribution in [0.25, 0.3) is 172 Å². The number of aromatic nitrogens is 6. The summed E-state index contributed by atoms with van der Waals surface area (Å²) in [5, 5.41) is 6.80. The Morgan fingerprint density at radius 1 is 0.193 bits per heavy atom. The van der Waals surface area contributed by atoms with Gasteiger partial charge in [-0.15, -0.1) is 0 Å². The molecule has 0 fully saturated rings. The molecule has 14 aromatic carbocycles. The van der Waals surface area contributed by atoms with Crippen LogP contribution in [0.5, 0.6) is 0 Å². The molecule has 0 saturated carbocycles. The lowest BCUT2D eigenvalue weighted by molar-refractivity contribution is 0.568. The van der Waals surface area contributed by atoms with Crippen molar-refractivity contribution in [1.82, 2.24) is 28.7 Å². The van der Waals surface area contributed by atoms with E-state index < -0.39 is 0 Å². The number of benzene rings is 14. The van der Waals surface area contributed by atoms with Gasteiger partial charge in [-0.1, -0.05) is 301 Å². The average molecular weight is 1410 g/mol. The van der Waals surface area contributed by atoms with E-state index in [1.54, 1.807) is 0 Å². The molecule has 0 N–H and O–H groups in total. The van der Waals surface area contributed by atoms with Gasteiger partial charge >= 0.3 is 0 Å². The zero-order chi connectivity index (χ0) is 74.8. The van der Waals surface area contributed by atoms with Crippen molar-refractivity contribution in [3.05, 3.63) is 338 Å². The summed E-state index contributed by atoms with van der Waals surface area (Å²) in [6.45, 7) is 27.9. The lowest BCUT2D eigenvalue weighted by Crippen LogP contribution is -2.16. The highest BCUT2D eigenvalue weighted by atomic mass is 15.2. The summed E-state index contributed by atoms with van der Waals surface area (Å²) in [7, 11) is 0. The summed E-state index contributed by atoms with van der Waals surface area (Å²) in [5.74, 6) is 1.58. The minimum absolute atomic E-state index is 0.0808. The molecular weight excluding hydrogens is 1320 g/mol. The maximum Gasteiger partial charge on any atom is 0.238 e. The molecule has 4 aromatic heterocycles. The molecule has 0 radical (unpaired) electrons. The van der Waals surface area contributed by atoms with Gasteiger partial charge in [-0.25, -0.2) is 4.98 Å². The van der Waals surface area contributed by atoms with Crippen LogP contribution in [-0.2, 0) is 21.7 Å². The molecule has 4 heterocycles. The third kappa shape index (κ3) is 12.4. The fourth-order valence-corrected chi connectivity index (χ4v) is 16.1. The number of hydrogen-bond donors (Lipinski definition) is 0. The highest BCUT2D eigenvalue weighted by Gasteiger charge is 2.29. The van der Waals surface area contributed by atoms with E-state index in [1.165, 1.54) is 33.4 Å². The van der Waals surface area contributed by atoms with Gasteiger partial charge < -0.3 is 9.13 Å². The van der Waals surface area contributed by atoms with Crippen LogP contribution in [0.2, 0.25) is 0 Å². The largest absolute Gasteiger partial charge is 0.309 e. The van der Waals surface area contributed by atoms with Crippen molar-refractivity contribution in [1.29, 1.82) is 0 Å². The first-order chi connectivity index (χ1) is 52.5. The molecule has 0 amide bonds. The van der Waals surface area contributed by atoms with Crippen LogP contribution in [0.3, 0.4) is 0 Å². The Morgan fingerprint density at radius 2 is 0.422 bits per heavy atom. The van der Waals surface area contributed by atoms with Crippen LogP contribution in [0.15, 0.2) is 315 Å². The summed E-state index contributed by atoms with van der Waals surface area (Å²) in [4.78, 5) is 17.7. The molecule has 0 unspecified atom stereocenters. The maximum atomic E-state index is 5.92. The summed E-state index contributed by atoms with van der Waals surface area (Å²) in [6.07, 6.45) is 0. The maximum absolute atomic E-state index is 5.92. The van der Waals surface area contributed by atoms with E-state index >= 15 is 0 Å². The molecule has 109 heavy (non-hydrogen) atoms. The van der Waals surface area contributed by atoms with E-state index in [9.17, 15) is 0 Å². The normalized spacial score (nSPS) is 12.4. The molecule has 6 nitrogen and oxygen atoms in total. The predicted octanol–water partition coefficient (Wildman–Crippen LogP) is 27.7. The molecule has 18 rings (SSSR count). The van der Waals surface area contributed by atoms with Gasteiger partial charge in [0, 0.05) is 43.4 Å². The van der Waals surface area contributed by atoms with Crippen LogP contribution in [0, 0.1) is 0 Å². The molecular formula is C103H88N6. The Labute approximate surface area is 639 Å². The predicted molar refractivity (Wildman–Crippen MR) is 461 cm³/mol.